The molecule has 0 N–H and O–H groups in total. The first kappa shape index (κ1) is 25.1. The highest BCUT2D eigenvalue weighted by atomic mass is 35.5. The topological polar surface area (TPSA) is 41.5 Å². The maximum absolute atomic E-state index is 13.0. The van der Waals surface area contributed by atoms with E-state index in [4.69, 9.17) is 4.74 Å². The highest BCUT2D eigenvalue weighted by Gasteiger charge is 2.33. The number of pyridine rings is 2. The molecule has 1 saturated heterocycles. The van der Waals surface area contributed by atoms with Crippen LogP contribution in [0.15, 0.2) is 48.7 Å². The molecule has 9 heteroatoms. The van der Waals surface area contributed by atoms with Crippen LogP contribution < -0.4 is 9.64 Å². The number of halogens is 4. The molecule has 1 aromatic carbocycles. The van der Waals surface area contributed by atoms with Crippen molar-refractivity contribution >= 4 is 29.1 Å². The first-order chi connectivity index (χ1) is 15.3. The molecule has 1 fully saturated rings. The molecule has 5 nitrogen and oxygen atoms in total. The van der Waals surface area contributed by atoms with Gasteiger partial charge in [0.1, 0.15) is 17.3 Å². The molecule has 0 spiro atoms. The third kappa shape index (κ3) is 5.86. The van der Waals surface area contributed by atoms with Crippen LogP contribution in [0.1, 0.15) is 24.1 Å². The number of rotatable bonds is 6. The number of nitrogens with zero attached hydrogens (tertiary/aromatic N) is 4. The standard InChI is InChI=1S/C24H27F3N4O.ClH/c1-30(16-18-5-3-4-6-21(18)32-2)15-17-10-13-31(14-11-17)23-19-7-8-22(24(25,26)27)29-20(19)9-12-28-23;/h3-9,12,17H,10-11,13-16H2,1-2H3;1H. The summed E-state index contributed by atoms with van der Waals surface area (Å²) in [6.07, 6.45) is -0.908. The van der Waals surface area contributed by atoms with Crippen molar-refractivity contribution < 1.29 is 17.9 Å². The maximum Gasteiger partial charge on any atom is 0.433 e. The summed E-state index contributed by atoms with van der Waals surface area (Å²) in [6, 6.07) is 12.1. The Labute approximate surface area is 198 Å². The number of alkyl halides is 3. The van der Waals surface area contributed by atoms with Crippen LogP contribution in [0.5, 0.6) is 5.75 Å². The predicted molar refractivity (Wildman–Crippen MR) is 126 cm³/mol. The highest BCUT2D eigenvalue weighted by molar-refractivity contribution is 5.89. The molecule has 0 amide bonds. The second-order valence-electron chi connectivity index (χ2n) is 8.33. The number of aromatic nitrogens is 2. The summed E-state index contributed by atoms with van der Waals surface area (Å²) < 4.78 is 44.4. The monoisotopic (exact) mass is 480 g/mol. The minimum absolute atomic E-state index is 0. The Morgan fingerprint density at radius 3 is 2.52 bits per heavy atom. The van der Waals surface area contributed by atoms with Crippen molar-refractivity contribution in [3.63, 3.8) is 0 Å². The Hall–Kier alpha value is -2.58. The summed E-state index contributed by atoms with van der Waals surface area (Å²) in [4.78, 5) is 12.7. The highest BCUT2D eigenvalue weighted by Crippen LogP contribution is 2.32. The Bertz CT molecular complexity index is 1070. The molecule has 1 aliphatic heterocycles. The lowest BCUT2D eigenvalue weighted by molar-refractivity contribution is -0.140. The molecule has 0 atom stereocenters. The molecule has 0 radical (unpaired) electrons. The predicted octanol–water partition coefficient (Wildman–Crippen LogP) is 5.43. The van der Waals surface area contributed by atoms with E-state index in [2.05, 4.69) is 32.9 Å². The Balaban J connectivity index is 0.00000306. The number of hydrogen-bond donors (Lipinski definition) is 0. The van der Waals surface area contributed by atoms with Crippen LogP contribution in [-0.4, -0.2) is 48.7 Å². The second-order valence-corrected chi connectivity index (χ2v) is 8.33. The fourth-order valence-electron chi connectivity index (χ4n) is 4.41. The molecular formula is C24H28ClF3N4O. The smallest absolute Gasteiger partial charge is 0.433 e. The lowest BCUT2D eigenvalue weighted by Gasteiger charge is -2.35. The van der Waals surface area contributed by atoms with Gasteiger partial charge in [0.15, 0.2) is 0 Å². The molecule has 0 saturated carbocycles. The van der Waals surface area contributed by atoms with Crippen LogP contribution in [-0.2, 0) is 12.7 Å². The summed E-state index contributed by atoms with van der Waals surface area (Å²) in [5.41, 5.74) is 0.614. The molecule has 3 heterocycles. The van der Waals surface area contributed by atoms with E-state index >= 15 is 0 Å². The summed E-state index contributed by atoms with van der Waals surface area (Å²) in [5, 5.41) is 0.659. The van der Waals surface area contributed by atoms with Gasteiger partial charge in [-0.25, -0.2) is 9.97 Å². The van der Waals surface area contributed by atoms with Crippen molar-refractivity contribution in [2.45, 2.75) is 25.6 Å². The average molecular weight is 481 g/mol. The van der Waals surface area contributed by atoms with Gasteiger partial charge in [0, 0.05) is 43.3 Å². The molecule has 3 aromatic rings. The van der Waals surface area contributed by atoms with E-state index in [9.17, 15) is 13.2 Å². The maximum atomic E-state index is 13.0. The summed E-state index contributed by atoms with van der Waals surface area (Å²) in [6.45, 7) is 3.44. The molecule has 0 unspecified atom stereocenters. The van der Waals surface area contributed by atoms with Gasteiger partial charge in [-0.2, -0.15) is 13.2 Å². The zero-order chi connectivity index (χ0) is 22.7. The summed E-state index contributed by atoms with van der Waals surface area (Å²) >= 11 is 0. The summed E-state index contributed by atoms with van der Waals surface area (Å²) in [7, 11) is 3.81. The van der Waals surface area contributed by atoms with Gasteiger partial charge in [0.25, 0.3) is 0 Å². The SMILES string of the molecule is COc1ccccc1CN(C)CC1CCN(c2nccc3nc(C(F)(F)F)ccc23)CC1.Cl. The normalized spacial score (nSPS) is 15.0. The number of ether oxygens (including phenoxy) is 1. The van der Waals surface area contributed by atoms with E-state index in [1.165, 1.54) is 23.9 Å². The number of methoxy groups -OCH3 is 1. The zero-order valence-corrected chi connectivity index (χ0v) is 19.5. The van der Waals surface area contributed by atoms with Crippen molar-refractivity contribution in [2.24, 2.45) is 5.92 Å². The molecular weight excluding hydrogens is 453 g/mol. The first-order valence-electron chi connectivity index (χ1n) is 10.7. The third-order valence-corrected chi connectivity index (χ3v) is 6.00. The fraction of sp³-hybridized carbons (Fsp3) is 0.417. The molecule has 0 bridgehead atoms. The number of anilines is 1. The Morgan fingerprint density at radius 1 is 1.09 bits per heavy atom. The van der Waals surface area contributed by atoms with Crippen LogP contribution in [0, 0.1) is 5.92 Å². The van der Waals surface area contributed by atoms with Crippen molar-refractivity contribution in [3.8, 4) is 5.75 Å². The first-order valence-corrected chi connectivity index (χ1v) is 10.7. The quantitative estimate of drug-likeness (QED) is 0.470. The van der Waals surface area contributed by atoms with Crippen LogP contribution in [0.25, 0.3) is 10.9 Å². The van der Waals surface area contributed by atoms with E-state index < -0.39 is 11.9 Å². The van der Waals surface area contributed by atoms with E-state index in [-0.39, 0.29) is 12.4 Å². The van der Waals surface area contributed by atoms with Crippen molar-refractivity contribution in [2.75, 3.05) is 38.7 Å². The zero-order valence-electron chi connectivity index (χ0n) is 18.7. The van der Waals surface area contributed by atoms with Gasteiger partial charge in [-0.1, -0.05) is 18.2 Å². The lowest BCUT2D eigenvalue weighted by atomic mass is 9.96. The molecule has 178 valence electrons. The van der Waals surface area contributed by atoms with Gasteiger partial charge in [-0.15, -0.1) is 12.4 Å². The van der Waals surface area contributed by atoms with Gasteiger partial charge in [0.2, 0.25) is 0 Å². The van der Waals surface area contributed by atoms with Crippen molar-refractivity contribution in [3.05, 3.63) is 59.9 Å². The van der Waals surface area contributed by atoms with Gasteiger partial charge < -0.3 is 14.5 Å². The van der Waals surface area contributed by atoms with Crippen molar-refractivity contribution in [1.29, 1.82) is 0 Å². The van der Waals surface area contributed by atoms with E-state index in [0.29, 0.717) is 22.6 Å². The number of fused-ring (bicyclic) bond motifs is 1. The summed E-state index contributed by atoms with van der Waals surface area (Å²) in [5.74, 6) is 2.17. The van der Waals surface area contributed by atoms with Gasteiger partial charge in [0.05, 0.1) is 12.6 Å². The van der Waals surface area contributed by atoms with Crippen LogP contribution in [0.4, 0.5) is 19.0 Å². The average Bonchev–Trinajstić information content (AvgIpc) is 2.78. The van der Waals surface area contributed by atoms with Gasteiger partial charge in [-0.05, 0) is 50.1 Å². The van der Waals surface area contributed by atoms with E-state index in [0.717, 1.165) is 50.8 Å². The number of benzene rings is 1. The Kier molecular flexibility index (Phi) is 8.02. The minimum Gasteiger partial charge on any atom is -0.496 e. The van der Waals surface area contributed by atoms with E-state index in [1.807, 2.05) is 18.2 Å². The minimum atomic E-state index is -4.45. The van der Waals surface area contributed by atoms with Crippen molar-refractivity contribution in [1.82, 2.24) is 14.9 Å². The largest absolute Gasteiger partial charge is 0.496 e. The van der Waals surface area contributed by atoms with Gasteiger partial charge in [-0.3, -0.25) is 0 Å². The molecule has 1 aliphatic rings. The second kappa shape index (κ2) is 10.6. The fourth-order valence-corrected chi connectivity index (χ4v) is 4.41. The number of hydrogen-bond acceptors (Lipinski definition) is 5. The van der Waals surface area contributed by atoms with Crippen LogP contribution in [0.3, 0.4) is 0 Å². The number of para-hydroxylation sites is 1. The van der Waals surface area contributed by atoms with Crippen LogP contribution >= 0.6 is 12.4 Å². The molecule has 4 rings (SSSR count). The van der Waals surface area contributed by atoms with Gasteiger partial charge >= 0.3 is 6.18 Å². The third-order valence-electron chi connectivity index (χ3n) is 6.00. The molecule has 33 heavy (non-hydrogen) atoms. The number of piperidine rings is 1. The van der Waals surface area contributed by atoms with Crippen LogP contribution in [0.2, 0.25) is 0 Å². The Morgan fingerprint density at radius 2 is 1.82 bits per heavy atom. The lowest BCUT2D eigenvalue weighted by Crippen LogP contribution is -2.38. The van der Waals surface area contributed by atoms with E-state index in [1.54, 1.807) is 7.11 Å². The molecule has 0 aliphatic carbocycles. The molecule has 2 aromatic heterocycles.